The lowest BCUT2D eigenvalue weighted by molar-refractivity contribution is -0.131. The first-order valence-electron chi connectivity index (χ1n) is 9.65. The molecule has 3 aromatic carbocycles. The maximum absolute atomic E-state index is 13.3. The number of hydrogen-bond donors (Lipinski definition) is 0. The standard InChI is InChI=1S/C25H22N2O3/c1-17(28)30-24-16-27(22-10-6-4-8-20(22)24)23-11-7-5-9-21(23)25(29)18-12-14-19(15-13-18)26(2)3/h4-16H,1-3H3. The largest absolute Gasteiger partial charge is 0.424 e. The predicted octanol–water partition coefficient (Wildman–Crippen LogP) is 4.85. The summed E-state index contributed by atoms with van der Waals surface area (Å²) in [5.41, 5.74) is 3.81. The lowest BCUT2D eigenvalue weighted by atomic mass is 10.0. The average molecular weight is 398 g/mol. The monoisotopic (exact) mass is 398 g/mol. The van der Waals surface area contributed by atoms with Crippen LogP contribution in [0.1, 0.15) is 22.8 Å². The fraction of sp³-hybridized carbons (Fsp3) is 0.120. The fourth-order valence-electron chi connectivity index (χ4n) is 3.53. The third-order valence-corrected chi connectivity index (χ3v) is 4.98. The second-order valence-corrected chi connectivity index (χ2v) is 7.26. The van der Waals surface area contributed by atoms with Crippen LogP contribution < -0.4 is 9.64 Å². The van der Waals surface area contributed by atoms with Gasteiger partial charge in [-0.05, 0) is 48.5 Å². The normalized spacial score (nSPS) is 10.8. The summed E-state index contributed by atoms with van der Waals surface area (Å²) >= 11 is 0. The number of carbonyl (C=O) groups is 2. The summed E-state index contributed by atoms with van der Waals surface area (Å²) in [7, 11) is 3.92. The zero-order chi connectivity index (χ0) is 21.3. The lowest BCUT2D eigenvalue weighted by Crippen LogP contribution is -2.10. The van der Waals surface area contributed by atoms with Crippen molar-refractivity contribution in [3.05, 3.63) is 90.1 Å². The van der Waals surface area contributed by atoms with Crippen molar-refractivity contribution in [3.63, 3.8) is 0 Å². The summed E-state index contributed by atoms with van der Waals surface area (Å²) < 4.78 is 7.30. The minimum atomic E-state index is -0.386. The van der Waals surface area contributed by atoms with E-state index in [1.165, 1.54) is 6.92 Å². The van der Waals surface area contributed by atoms with Gasteiger partial charge in [0.15, 0.2) is 11.5 Å². The molecule has 0 spiro atoms. The molecule has 5 nitrogen and oxygen atoms in total. The van der Waals surface area contributed by atoms with Crippen molar-refractivity contribution in [3.8, 4) is 11.4 Å². The molecule has 4 aromatic rings. The highest BCUT2D eigenvalue weighted by molar-refractivity contribution is 6.11. The van der Waals surface area contributed by atoms with Gasteiger partial charge in [0.25, 0.3) is 0 Å². The number of aromatic nitrogens is 1. The minimum absolute atomic E-state index is 0.0669. The van der Waals surface area contributed by atoms with Gasteiger partial charge >= 0.3 is 5.97 Å². The molecule has 30 heavy (non-hydrogen) atoms. The molecule has 0 fully saturated rings. The molecule has 1 aromatic heterocycles. The van der Waals surface area contributed by atoms with Crippen molar-refractivity contribution >= 4 is 28.3 Å². The second kappa shape index (κ2) is 7.87. The molecule has 0 radical (unpaired) electrons. The molecule has 4 rings (SSSR count). The van der Waals surface area contributed by atoms with E-state index in [0.29, 0.717) is 16.9 Å². The molecule has 0 bridgehead atoms. The molecule has 0 saturated heterocycles. The van der Waals surface area contributed by atoms with Crippen molar-refractivity contribution in [2.75, 3.05) is 19.0 Å². The Hall–Kier alpha value is -3.86. The zero-order valence-electron chi connectivity index (χ0n) is 17.1. The molecule has 0 N–H and O–H groups in total. The molecule has 0 unspecified atom stereocenters. The van der Waals surface area contributed by atoms with Gasteiger partial charge in [0.1, 0.15) is 0 Å². The molecular formula is C25H22N2O3. The van der Waals surface area contributed by atoms with Crippen LogP contribution in [0.25, 0.3) is 16.6 Å². The van der Waals surface area contributed by atoms with Gasteiger partial charge in [0.2, 0.25) is 0 Å². The van der Waals surface area contributed by atoms with Crippen LogP contribution >= 0.6 is 0 Å². The van der Waals surface area contributed by atoms with Crippen LogP contribution in [0.15, 0.2) is 79.0 Å². The number of anilines is 1. The molecule has 1 heterocycles. The van der Waals surface area contributed by atoms with Crippen LogP contribution in [0.5, 0.6) is 5.75 Å². The Morgan fingerprint density at radius 3 is 2.23 bits per heavy atom. The molecule has 0 aliphatic heterocycles. The number of esters is 1. The van der Waals surface area contributed by atoms with E-state index in [-0.39, 0.29) is 11.8 Å². The minimum Gasteiger partial charge on any atom is -0.424 e. The van der Waals surface area contributed by atoms with Crippen LogP contribution in [-0.2, 0) is 4.79 Å². The first-order chi connectivity index (χ1) is 14.5. The van der Waals surface area contributed by atoms with Crippen LogP contribution in [0, 0.1) is 0 Å². The Bertz CT molecular complexity index is 1240. The highest BCUT2D eigenvalue weighted by Crippen LogP contribution is 2.32. The van der Waals surface area contributed by atoms with Crippen molar-refractivity contribution < 1.29 is 14.3 Å². The lowest BCUT2D eigenvalue weighted by Gasteiger charge is -2.14. The Morgan fingerprint density at radius 1 is 0.867 bits per heavy atom. The summed E-state index contributed by atoms with van der Waals surface area (Å²) in [4.78, 5) is 26.9. The topological polar surface area (TPSA) is 51.5 Å². The number of hydrogen-bond acceptors (Lipinski definition) is 4. The highest BCUT2D eigenvalue weighted by Gasteiger charge is 2.18. The van der Waals surface area contributed by atoms with Gasteiger partial charge in [-0.1, -0.05) is 24.3 Å². The Labute approximate surface area is 175 Å². The Balaban J connectivity index is 1.83. The number of nitrogens with zero attached hydrogens (tertiary/aromatic N) is 2. The molecule has 0 atom stereocenters. The van der Waals surface area contributed by atoms with Gasteiger partial charge in [-0.2, -0.15) is 0 Å². The number of rotatable bonds is 5. The zero-order valence-corrected chi connectivity index (χ0v) is 17.1. The van der Waals surface area contributed by atoms with Gasteiger partial charge < -0.3 is 14.2 Å². The van der Waals surface area contributed by atoms with Gasteiger partial charge in [0, 0.05) is 43.2 Å². The molecule has 0 amide bonds. The average Bonchev–Trinajstić information content (AvgIpc) is 3.11. The highest BCUT2D eigenvalue weighted by atomic mass is 16.5. The fourth-order valence-corrected chi connectivity index (χ4v) is 3.53. The molecular weight excluding hydrogens is 376 g/mol. The van der Waals surface area contributed by atoms with Gasteiger partial charge in [0.05, 0.1) is 17.4 Å². The van der Waals surface area contributed by atoms with E-state index in [1.54, 1.807) is 6.20 Å². The van der Waals surface area contributed by atoms with E-state index in [1.807, 2.05) is 96.4 Å². The van der Waals surface area contributed by atoms with Crippen molar-refractivity contribution in [1.82, 2.24) is 4.57 Å². The summed E-state index contributed by atoms with van der Waals surface area (Å²) in [6.45, 7) is 1.38. The second-order valence-electron chi connectivity index (χ2n) is 7.26. The maximum atomic E-state index is 13.3. The summed E-state index contributed by atoms with van der Waals surface area (Å²) in [6, 6.07) is 22.6. The SMILES string of the molecule is CC(=O)Oc1cn(-c2ccccc2C(=O)c2ccc(N(C)C)cc2)c2ccccc12. The van der Waals surface area contributed by atoms with Crippen molar-refractivity contribution in [2.45, 2.75) is 6.92 Å². The molecule has 150 valence electrons. The number of carbonyl (C=O) groups excluding carboxylic acids is 2. The van der Waals surface area contributed by atoms with E-state index in [0.717, 1.165) is 22.3 Å². The van der Waals surface area contributed by atoms with Crippen molar-refractivity contribution in [2.24, 2.45) is 0 Å². The van der Waals surface area contributed by atoms with E-state index < -0.39 is 0 Å². The maximum Gasteiger partial charge on any atom is 0.308 e. The Kier molecular flexibility index (Phi) is 5.11. The Morgan fingerprint density at radius 2 is 1.53 bits per heavy atom. The van der Waals surface area contributed by atoms with Gasteiger partial charge in [-0.25, -0.2) is 0 Å². The molecule has 0 aliphatic carbocycles. The third kappa shape index (κ3) is 3.57. The summed E-state index contributed by atoms with van der Waals surface area (Å²) in [6.07, 6.45) is 1.76. The smallest absolute Gasteiger partial charge is 0.308 e. The van der Waals surface area contributed by atoms with Gasteiger partial charge in [-0.15, -0.1) is 0 Å². The van der Waals surface area contributed by atoms with Gasteiger partial charge in [-0.3, -0.25) is 9.59 Å². The summed E-state index contributed by atoms with van der Waals surface area (Å²) in [5.74, 6) is 0.0154. The number of ether oxygens (including phenoxy) is 1. The molecule has 0 saturated carbocycles. The van der Waals surface area contributed by atoms with E-state index >= 15 is 0 Å². The molecule has 5 heteroatoms. The number of fused-ring (bicyclic) bond motifs is 1. The van der Waals surface area contributed by atoms with Crippen LogP contribution in [0.3, 0.4) is 0 Å². The van der Waals surface area contributed by atoms with E-state index in [4.69, 9.17) is 4.74 Å². The molecule has 0 aliphatic rings. The predicted molar refractivity (Wildman–Crippen MR) is 119 cm³/mol. The quantitative estimate of drug-likeness (QED) is 0.356. The first-order valence-corrected chi connectivity index (χ1v) is 9.65. The van der Waals surface area contributed by atoms with E-state index in [9.17, 15) is 9.59 Å². The van der Waals surface area contributed by atoms with Crippen LogP contribution in [-0.4, -0.2) is 30.4 Å². The first kappa shape index (κ1) is 19.5. The number of ketones is 1. The van der Waals surface area contributed by atoms with Crippen LogP contribution in [0.2, 0.25) is 0 Å². The van der Waals surface area contributed by atoms with Crippen molar-refractivity contribution in [1.29, 1.82) is 0 Å². The number of benzene rings is 3. The summed E-state index contributed by atoms with van der Waals surface area (Å²) in [5, 5.41) is 0.810. The van der Waals surface area contributed by atoms with E-state index in [2.05, 4.69) is 0 Å². The van der Waals surface area contributed by atoms with Crippen LogP contribution in [0.4, 0.5) is 5.69 Å². The number of para-hydroxylation sites is 2. The third-order valence-electron chi connectivity index (χ3n) is 4.98.